The Labute approximate surface area is 102 Å². The highest BCUT2D eigenvalue weighted by Gasteiger charge is 2.22. The van der Waals surface area contributed by atoms with Crippen molar-refractivity contribution in [2.24, 2.45) is 0 Å². The maximum atomic E-state index is 10.9. The van der Waals surface area contributed by atoms with Crippen LogP contribution in [0.5, 0.6) is 0 Å². The molecule has 0 radical (unpaired) electrons. The fourth-order valence-corrected chi connectivity index (χ4v) is 2.57. The monoisotopic (exact) mass is 255 g/mol. The van der Waals surface area contributed by atoms with Crippen LogP contribution in [0.2, 0.25) is 0 Å². The van der Waals surface area contributed by atoms with Gasteiger partial charge in [0.05, 0.1) is 18.0 Å². The summed E-state index contributed by atoms with van der Waals surface area (Å²) in [7, 11) is -3.09. The number of hydrogen-bond donors (Lipinski definition) is 2. The van der Waals surface area contributed by atoms with Crippen molar-refractivity contribution < 1.29 is 8.42 Å². The largest absolute Gasteiger partial charge is 0.307 e. The van der Waals surface area contributed by atoms with E-state index in [-0.39, 0.29) is 6.04 Å². The molecule has 1 unspecified atom stereocenters. The number of nitrogens with one attached hydrogen (secondary N) is 2. The van der Waals surface area contributed by atoms with Crippen LogP contribution in [0.15, 0.2) is 18.3 Å². The highest BCUT2D eigenvalue weighted by molar-refractivity contribution is 7.88. The molecule has 0 saturated heterocycles. The molecule has 1 aliphatic carbocycles. The van der Waals surface area contributed by atoms with Crippen LogP contribution >= 0.6 is 0 Å². The zero-order valence-corrected chi connectivity index (χ0v) is 10.6. The van der Waals surface area contributed by atoms with Crippen molar-refractivity contribution in [1.82, 2.24) is 15.0 Å². The number of aryl methyl sites for hydroxylation is 1. The molecule has 94 valence electrons. The SMILES string of the molecule is CS(=O)(=O)NCCNC1CCc2cccnc21. The van der Waals surface area contributed by atoms with E-state index < -0.39 is 10.0 Å². The highest BCUT2D eigenvalue weighted by Crippen LogP contribution is 2.28. The van der Waals surface area contributed by atoms with Gasteiger partial charge in [-0.15, -0.1) is 0 Å². The van der Waals surface area contributed by atoms with E-state index in [4.69, 9.17) is 0 Å². The third-order valence-electron chi connectivity index (χ3n) is 2.84. The third-order valence-corrected chi connectivity index (χ3v) is 3.57. The summed E-state index contributed by atoms with van der Waals surface area (Å²) in [6, 6.07) is 4.30. The van der Waals surface area contributed by atoms with Crippen molar-refractivity contribution in [3.8, 4) is 0 Å². The van der Waals surface area contributed by atoms with Crippen LogP contribution in [0.1, 0.15) is 23.7 Å². The molecule has 1 heterocycles. The Morgan fingerprint density at radius 2 is 2.29 bits per heavy atom. The summed E-state index contributed by atoms with van der Waals surface area (Å²) in [6.07, 6.45) is 5.04. The number of aromatic nitrogens is 1. The number of fused-ring (bicyclic) bond motifs is 1. The standard InChI is InChI=1S/C11H17N3O2S/c1-17(15,16)14-8-7-12-10-5-4-9-3-2-6-13-11(9)10/h2-3,6,10,12,14H,4-5,7-8H2,1H3. The molecule has 0 aliphatic heterocycles. The van der Waals surface area contributed by atoms with Crippen molar-refractivity contribution in [3.63, 3.8) is 0 Å². The number of hydrogen-bond acceptors (Lipinski definition) is 4. The average Bonchev–Trinajstić information content (AvgIpc) is 2.67. The van der Waals surface area contributed by atoms with Crippen molar-refractivity contribution in [1.29, 1.82) is 0 Å². The summed E-state index contributed by atoms with van der Waals surface area (Å²) >= 11 is 0. The van der Waals surface area contributed by atoms with Gasteiger partial charge in [-0.3, -0.25) is 4.98 Å². The molecule has 1 atom stereocenters. The Hall–Kier alpha value is -0.980. The normalized spacial score (nSPS) is 19.2. The van der Waals surface area contributed by atoms with Gasteiger partial charge in [-0.1, -0.05) is 6.07 Å². The van der Waals surface area contributed by atoms with Crippen LogP contribution in [0.25, 0.3) is 0 Å². The summed E-state index contributed by atoms with van der Waals surface area (Å²) in [6.45, 7) is 1.03. The predicted octanol–water partition coefficient (Wildman–Crippen LogP) is 0.208. The Balaban J connectivity index is 1.82. The molecule has 6 heteroatoms. The van der Waals surface area contributed by atoms with Crippen LogP contribution in [-0.4, -0.2) is 32.7 Å². The number of pyridine rings is 1. The molecule has 0 spiro atoms. The summed E-state index contributed by atoms with van der Waals surface area (Å²) in [5.41, 5.74) is 2.40. The quantitative estimate of drug-likeness (QED) is 0.738. The Morgan fingerprint density at radius 3 is 3.06 bits per heavy atom. The molecule has 0 amide bonds. The van der Waals surface area contributed by atoms with E-state index in [2.05, 4.69) is 21.1 Å². The van der Waals surface area contributed by atoms with E-state index >= 15 is 0 Å². The van der Waals surface area contributed by atoms with Crippen molar-refractivity contribution >= 4 is 10.0 Å². The van der Waals surface area contributed by atoms with E-state index in [1.165, 1.54) is 11.8 Å². The molecule has 1 aromatic heterocycles. The Morgan fingerprint density at radius 1 is 1.47 bits per heavy atom. The van der Waals surface area contributed by atoms with Crippen LogP contribution in [0.3, 0.4) is 0 Å². The van der Waals surface area contributed by atoms with Crippen LogP contribution in [-0.2, 0) is 16.4 Å². The van der Waals surface area contributed by atoms with Crippen molar-refractivity contribution in [3.05, 3.63) is 29.6 Å². The van der Waals surface area contributed by atoms with Crippen LogP contribution in [0.4, 0.5) is 0 Å². The number of nitrogens with zero attached hydrogens (tertiary/aromatic N) is 1. The smallest absolute Gasteiger partial charge is 0.208 e. The minimum atomic E-state index is -3.09. The lowest BCUT2D eigenvalue weighted by molar-refractivity contribution is 0.518. The molecule has 0 bridgehead atoms. The minimum Gasteiger partial charge on any atom is -0.307 e. The Bertz CT molecular complexity index is 487. The fourth-order valence-electron chi connectivity index (χ4n) is 2.09. The van der Waals surface area contributed by atoms with E-state index in [9.17, 15) is 8.42 Å². The van der Waals surface area contributed by atoms with Gasteiger partial charge >= 0.3 is 0 Å². The zero-order valence-electron chi connectivity index (χ0n) is 9.81. The summed E-state index contributed by atoms with van der Waals surface area (Å²) in [5, 5.41) is 3.32. The summed E-state index contributed by atoms with van der Waals surface area (Å²) < 4.78 is 24.2. The van der Waals surface area contributed by atoms with Gasteiger partial charge in [-0.2, -0.15) is 0 Å². The molecule has 1 aromatic rings. The lowest BCUT2D eigenvalue weighted by Crippen LogP contribution is -2.32. The highest BCUT2D eigenvalue weighted by atomic mass is 32.2. The van der Waals surface area contributed by atoms with E-state index in [0.717, 1.165) is 18.5 Å². The predicted molar refractivity (Wildman–Crippen MR) is 66.1 cm³/mol. The first-order valence-corrected chi connectivity index (χ1v) is 7.57. The summed E-state index contributed by atoms with van der Waals surface area (Å²) in [4.78, 5) is 4.37. The molecule has 5 nitrogen and oxygen atoms in total. The Kier molecular flexibility index (Phi) is 3.76. The first kappa shape index (κ1) is 12.5. The fraction of sp³-hybridized carbons (Fsp3) is 0.545. The van der Waals surface area contributed by atoms with Gasteiger partial charge in [0.25, 0.3) is 0 Å². The van der Waals surface area contributed by atoms with Crippen LogP contribution in [0, 0.1) is 0 Å². The second-order valence-electron chi connectivity index (χ2n) is 4.26. The van der Waals surface area contributed by atoms with Crippen molar-refractivity contribution in [2.45, 2.75) is 18.9 Å². The van der Waals surface area contributed by atoms with E-state index in [0.29, 0.717) is 13.1 Å². The molecule has 0 fully saturated rings. The van der Waals surface area contributed by atoms with Gasteiger partial charge in [-0.05, 0) is 24.5 Å². The maximum Gasteiger partial charge on any atom is 0.208 e. The van der Waals surface area contributed by atoms with Gasteiger partial charge in [0.1, 0.15) is 0 Å². The molecular weight excluding hydrogens is 238 g/mol. The molecule has 0 saturated carbocycles. The molecule has 2 N–H and O–H groups in total. The lowest BCUT2D eigenvalue weighted by atomic mass is 10.2. The molecule has 17 heavy (non-hydrogen) atoms. The molecule has 1 aliphatic rings. The van der Waals surface area contributed by atoms with E-state index in [1.54, 1.807) is 6.20 Å². The topological polar surface area (TPSA) is 71.1 Å². The first-order chi connectivity index (χ1) is 8.06. The summed E-state index contributed by atoms with van der Waals surface area (Å²) in [5.74, 6) is 0. The van der Waals surface area contributed by atoms with Gasteiger partial charge in [0, 0.05) is 19.3 Å². The first-order valence-electron chi connectivity index (χ1n) is 5.68. The number of sulfonamides is 1. The molecular formula is C11H17N3O2S. The average molecular weight is 255 g/mol. The van der Waals surface area contributed by atoms with Gasteiger partial charge in [-0.25, -0.2) is 13.1 Å². The number of rotatable bonds is 5. The molecule has 0 aromatic carbocycles. The maximum absolute atomic E-state index is 10.9. The lowest BCUT2D eigenvalue weighted by Gasteiger charge is -2.12. The second kappa shape index (κ2) is 5.12. The zero-order chi connectivity index (χ0) is 12.3. The minimum absolute atomic E-state index is 0.257. The third kappa shape index (κ3) is 3.49. The molecule has 2 rings (SSSR count). The van der Waals surface area contributed by atoms with Crippen molar-refractivity contribution in [2.75, 3.05) is 19.3 Å². The van der Waals surface area contributed by atoms with Gasteiger partial charge in [0.2, 0.25) is 10.0 Å². The van der Waals surface area contributed by atoms with Gasteiger partial charge in [0.15, 0.2) is 0 Å². The van der Waals surface area contributed by atoms with Gasteiger partial charge < -0.3 is 5.32 Å². The second-order valence-corrected chi connectivity index (χ2v) is 6.09. The van der Waals surface area contributed by atoms with Crippen LogP contribution < -0.4 is 10.0 Å². The van der Waals surface area contributed by atoms with E-state index in [1.807, 2.05) is 6.07 Å².